The van der Waals surface area contributed by atoms with Crippen LogP contribution in [0.4, 0.5) is 13.2 Å². The van der Waals surface area contributed by atoms with E-state index in [1.165, 1.54) is 30.1 Å². The molecule has 2 aromatic rings. The van der Waals surface area contributed by atoms with Crippen molar-refractivity contribution in [2.75, 3.05) is 13.1 Å². The second-order valence-electron chi connectivity index (χ2n) is 4.67. The van der Waals surface area contributed by atoms with Crippen LogP contribution in [0.2, 0.25) is 0 Å². The number of rotatable bonds is 3. The third kappa shape index (κ3) is 2.74. The van der Waals surface area contributed by atoms with Gasteiger partial charge in [0, 0.05) is 19.2 Å². The topological polar surface area (TPSA) is 61.9 Å². The van der Waals surface area contributed by atoms with Gasteiger partial charge in [-0.1, -0.05) is 0 Å². The quantitative estimate of drug-likeness (QED) is 0.819. The molecule has 116 valence electrons. The van der Waals surface area contributed by atoms with Gasteiger partial charge in [-0.25, -0.2) is 4.98 Å². The molecule has 0 radical (unpaired) electrons. The summed E-state index contributed by atoms with van der Waals surface area (Å²) in [5.41, 5.74) is 0.581. The van der Waals surface area contributed by atoms with Crippen molar-refractivity contribution in [2.45, 2.75) is 13.1 Å². The van der Waals surface area contributed by atoms with Crippen LogP contribution in [0.5, 0.6) is 0 Å². The molecule has 5 nitrogen and oxygen atoms in total. The van der Waals surface area contributed by atoms with E-state index >= 15 is 0 Å². The Labute approximate surface area is 124 Å². The zero-order chi connectivity index (χ0) is 16.5. The van der Waals surface area contributed by atoms with Crippen LogP contribution in [0.25, 0.3) is 11.0 Å². The molecule has 8 heteroatoms. The van der Waals surface area contributed by atoms with E-state index in [-0.39, 0.29) is 23.1 Å². The van der Waals surface area contributed by atoms with Crippen molar-refractivity contribution in [1.82, 2.24) is 14.5 Å². The molecule has 1 aromatic carbocycles. The van der Waals surface area contributed by atoms with Crippen LogP contribution in [0.1, 0.15) is 23.1 Å². The molecule has 0 fully saturated rings. The molecule has 1 amide bonds. The van der Waals surface area contributed by atoms with Crippen molar-refractivity contribution in [3.63, 3.8) is 0 Å². The Morgan fingerprint density at radius 3 is 2.68 bits per heavy atom. The standard InChI is InChI=1S/C14H13F3N4O/c1-3-21(7-6-18)12(22)9-4-5-11-10(8-9)19-13(20(11)2)14(15,16)17/h4-5,8H,3,7H2,1-2H3. The van der Waals surface area contributed by atoms with Crippen LogP contribution in [0.3, 0.4) is 0 Å². The Bertz CT molecular complexity index is 758. The molecule has 0 bridgehead atoms. The number of hydrogen-bond donors (Lipinski definition) is 0. The summed E-state index contributed by atoms with van der Waals surface area (Å²) in [4.78, 5) is 17.1. The summed E-state index contributed by atoms with van der Waals surface area (Å²) in [7, 11) is 1.27. The summed E-state index contributed by atoms with van der Waals surface area (Å²) >= 11 is 0. The normalized spacial score (nSPS) is 11.5. The summed E-state index contributed by atoms with van der Waals surface area (Å²) in [6.45, 7) is 1.97. The summed E-state index contributed by atoms with van der Waals surface area (Å²) in [6, 6.07) is 6.05. The number of nitrogens with zero attached hydrogens (tertiary/aromatic N) is 4. The van der Waals surface area contributed by atoms with Crippen molar-refractivity contribution in [2.24, 2.45) is 7.05 Å². The molecule has 2 rings (SSSR count). The second-order valence-corrected chi connectivity index (χ2v) is 4.67. The maximum Gasteiger partial charge on any atom is 0.449 e. The number of fused-ring (bicyclic) bond motifs is 1. The maximum atomic E-state index is 12.8. The first-order valence-electron chi connectivity index (χ1n) is 6.49. The van der Waals surface area contributed by atoms with E-state index in [1.54, 1.807) is 6.92 Å². The average Bonchev–Trinajstić information content (AvgIpc) is 2.81. The molecule has 0 aliphatic rings. The Hall–Kier alpha value is -2.56. The van der Waals surface area contributed by atoms with Crippen LogP contribution in [-0.4, -0.2) is 33.4 Å². The fourth-order valence-electron chi connectivity index (χ4n) is 2.18. The number of carbonyl (C=O) groups is 1. The van der Waals surface area contributed by atoms with Gasteiger partial charge >= 0.3 is 6.18 Å². The zero-order valence-corrected chi connectivity index (χ0v) is 12.0. The molecular weight excluding hydrogens is 297 g/mol. The summed E-state index contributed by atoms with van der Waals surface area (Å²) in [5, 5.41) is 8.68. The molecule has 0 aliphatic carbocycles. The average molecular weight is 310 g/mol. The number of nitriles is 1. The Morgan fingerprint density at radius 1 is 1.45 bits per heavy atom. The first kappa shape index (κ1) is 15.8. The van der Waals surface area contributed by atoms with Crippen molar-refractivity contribution in [3.05, 3.63) is 29.6 Å². The van der Waals surface area contributed by atoms with Crippen LogP contribution in [0.15, 0.2) is 18.2 Å². The number of imidazole rings is 1. The van der Waals surface area contributed by atoms with E-state index < -0.39 is 17.9 Å². The van der Waals surface area contributed by atoms with Gasteiger partial charge in [0.15, 0.2) is 0 Å². The van der Waals surface area contributed by atoms with E-state index in [4.69, 9.17) is 5.26 Å². The van der Waals surface area contributed by atoms with Gasteiger partial charge in [0.1, 0.15) is 6.54 Å². The SMILES string of the molecule is CCN(CC#N)C(=O)c1ccc2c(c1)nc(C(F)(F)F)n2C. The maximum absolute atomic E-state index is 12.8. The van der Waals surface area contributed by atoms with E-state index in [1.807, 2.05) is 6.07 Å². The van der Waals surface area contributed by atoms with E-state index in [2.05, 4.69) is 4.98 Å². The zero-order valence-electron chi connectivity index (χ0n) is 12.0. The minimum absolute atomic E-state index is 0.0800. The van der Waals surface area contributed by atoms with Crippen LogP contribution in [-0.2, 0) is 13.2 Å². The lowest BCUT2D eigenvalue weighted by Gasteiger charge is -2.17. The molecule has 0 spiro atoms. The smallest absolute Gasteiger partial charge is 0.326 e. The molecule has 0 saturated carbocycles. The van der Waals surface area contributed by atoms with Crippen molar-refractivity contribution in [1.29, 1.82) is 5.26 Å². The summed E-state index contributed by atoms with van der Waals surface area (Å²) in [6.07, 6.45) is -4.56. The van der Waals surface area contributed by atoms with Crippen LogP contribution >= 0.6 is 0 Å². The van der Waals surface area contributed by atoms with E-state index in [0.717, 1.165) is 4.57 Å². The van der Waals surface area contributed by atoms with Gasteiger partial charge in [0.05, 0.1) is 17.1 Å². The predicted octanol–water partition coefficient (Wildman–Crippen LogP) is 2.58. The van der Waals surface area contributed by atoms with Crippen LogP contribution in [0, 0.1) is 11.3 Å². The highest BCUT2D eigenvalue weighted by Crippen LogP contribution is 2.31. The third-order valence-electron chi connectivity index (χ3n) is 3.31. The van der Waals surface area contributed by atoms with Crippen molar-refractivity contribution < 1.29 is 18.0 Å². The van der Waals surface area contributed by atoms with Crippen molar-refractivity contribution >= 4 is 16.9 Å². The number of hydrogen-bond acceptors (Lipinski definition) is 3. The highest BCUT2D eigenvalue weighted by atomic mass is 19.4. The van der Waals surface area contributed by atoms with Gasteiger partial charge < -0.3 is 9.47 Å². The first-order chi connectivity index (χ1) is 10.3. The lowest BCUT2D eigenvalue weighted by Crippen LogP contribution is -2.31. The summed E-state index contributed by atoms with van der Waals surface area (Å²) in [5.74, 6) is -1.43. The van der Waals surface area contributed by atoms with Gasteiger partial charge in [-0.15, -0.1) is 0 Å². The molecule has 0 atom stereocenters. The molecular formula is C14H13F3N4O. The van der Waals surface area contributed by atoms with Gasteiger partial charge in [0.25, 0.3) is 5.91 Å². The van der Waals surface area contributed by atoms with Gasteiger partial charge in [-0.3, -0.25) is 4.79 Å². The largest absolute Gasteiger partial charge is 0.449 e. The lowest BCUT2D eigenvalue weighted by atomic mass is 10.1. The van der Waals surface area contributed by atoms with Gasteiger partial charge in [-0.2, -0.15) is 18.4 Å². The molecule has 0 saturated heterocycles. The Balaban J connectivity index is 2.48. The monoisotopic (exact) mass is 310 g/mol. The van der Waals surface area contributed by atoms with E-state index in [9.17, 15) is 18.0 Å². The second kappa shape index (κ2) is 5.67. The number of carbonyl (C=O) groups excluding carboxylic acids is 1. The minimum atomic E-state index is -4.56. The first-order valence-corrected chi connectivity index (χ1v) is 6.49. The fraction of sp³-hybridized carbons (Fsp3) is 0.357. The Kier molecular flexibility index (Phi) is 4.08. The molecule has 1 heterocycles. The van der Waals surface area contributed by atoms with Gasteiger partial charge in [-0.05, 0) is 25.1 Å². The number of alkyl halides is 3. The number of benzene rings is 1. The number of halogens is 3. The summed E-state index contributed by atoms with van der Waals surface area (Å²) < 4.78 is 39.4. The molecule has 0 aliphatic heterocycles. The minimum Gasteiger partial charge on any atom is -0.326 e. The molecule has 0 unspecified atom stereocenters. The van der Waals surface area contributed by atoms with Crippen molar-refractivity contribution in [3.8, 4) is 6.07 Å². The molecule has 0 N–H and O–H groups in total. The fourth-order valence-corrected chi connectivity index (χ4v) is 2.18. The lowest BCUT2D eigenvalue weighted by molar-refractivity contribution is -0.146. The predicted molar refractivity (Wildman–Crippen MR) is 72.9 cm³/mol. The highest BCUT2D eigenvalue weighted by molar-refractivity contribution is 5.97. The van der Waals surface area contributed by atoms with E-state index in [0.29, 0.717) is 6.54 Å². The van der Waals surface area contributed by atoms with Crippen LogP contribution < -0.4 is 0 Å². The Morgan fingerprint density at radius 2 is 2.14 bits per heavy atom. The molecule has 1 aromatic heterocycles. The highest BCUT2D eigenvalue weighted by Gasteiger charge is 2.36. The number of aryl methyl sites for hydroxylation is 1. The number of amides is 1. The number of aromatic nitrogens is 2. The third-order valence-corrected chi connectivity index (χ3v) is 3.31. The van der Waals surface area contributed by atoms with Gasteiger partial charge in [0.2, 0.25) is 5.82 Å². The molecule has 22 heavy (non-hydrogen) atoms.